The first-order valence-electron chi connectivity index (χ1n) is 6.50. The molecule has 0 saturated heterocycles. The van der Waals surface area contributed by atoms with Gasteiger partial charge in [-0.25, -0.2) is 9.59 Å². The molecule has 2 aliphatic carbocycles. The summed E-state index contributed by atoms with van der Waals surface area (Å²) in [6.45, 7) is 0.0103. The number of hydrogen-bond donors (Lipinski definition) is 4. The fraction of sp³-hybridized carbons (Fsp3) is 0.833. The van der Waals surface area contributed by atoms with Crippen LogP contribution in [0.2, 0.25) is 0 Å². The van der Waals surface area contributed by atoms with Crippen LogP contribution in [0.25, 0.3) is 0 Å². The van der Waals surface area contributed by atoms with Crippen LogP contribution in [-0.2, 0) is 4.79 Å². The monoisotopic (exact) mass is 256 g/mol. The number of carbonyl (C=O) groups is 2. The van der Waals surface area contributed by atoms with Crippen LogP contribution in [0.4, 0.5) is 4.79 Å². The molecule has 2 saturated carbocycles. The van der Waals surface area contributed by atoms with Crippen molar-refractivity contribution >= 4 is 12.0 Å². The predicted molar refractivity (Wildman–Crippen MR) is 64.0 cm³/mol. The van der Waals surface area contributed by atoms with Crippen molar-refractivity contribution in [3.63, 3.8) is 0 Å². The number of urea groups is 1. The summed E-state index contributed by atoms with van der Waals surface area (Å²) in [5.74, 6) is 0.804. The summed E-state index contributed by atoms with van der Waals surface area (Å²) < 4.78 is 0. The zero-order valence-corrected chi connectivity index (χ0v) is 10.3. The maximum absolute atomic E-state index is 11.5. The van der Waals surface area contributed by atoms with Crippen molar-refractivity contribution in [2.45, 2.75) is 31.7 Å². The second-order valence-electron chi connectivity index (χ2n) is 5.27. The lowest BCUT2D eigenvalue weighted by Gasteiger charge is -2.18. The molecule has 0 aromatic rings. The van der Waals surface area contributed by atoms with Crippen molar-refractivity contribution in [3.8, 4) is 0 Å². The highest BCUT2D eigenvalue weighted by molar-refractivity contribution is 5.82. The number of aliphatic carboxylic acids is 1. The molecule has 0 aromatic carbocycles. The van der Waals surface area contributed by atoms with Crippen molar-refractivity contribution in [2.24, 2.45) is 17.8 Å². The summed E-state index contributed by atoms with van der Waals surface area (Å²) in [5, 5.41) is 22.5. The van der Waals surface area contributed by atoms with Crippen LogP contribution in [0.3, 0.4) is 0 Å². The third-order valence-corrected chi connectivity index (χ3v) is 3.74. The molecule has 2 aliphatic rings. The Balaban J connectivity index is 1.71. The molecule has 102 valence electrons. The largest absolute Gasteiger partial charge is 0.480 e. The first-order valence-corrected chi connectivity index (χ1v) is 6.50. The zero-order valence-electron chi connectivity index (χ0n) is 10.3. The smallest absolute Gasteiger partial charge is 0.328 e. The molecule has 0 aliphatic heterocycles. The molecular formula is C12H20N2O4. The van der Waals surface area contributed by atoms with Gasteiger partial charge in [0.25, 0.3) is 0 Å². The summed E-state index contributed by atoms with van der Waals surface area (Å²) in [6, 6.07) is -1.74. The lowest BCUT2D eigenvalue weighted by atomic mass is 9.98. The molecule has 2 amide bonds. The van der Waals surface area contributed by atoms with Crippen LogP contribution in [0.15, 0.2) is 0 Å². The van der Waals surface area contributed by atoms with Crippen molar-refractivity contribution in [3.05, 3.63) is 0 Å². The van der Waals surface area contributed by atoms with E-state index in [2.05, 4.69) is 10.6 Å². The van der Waals surface area contributed by atoms with Crippen LogP contribution in [0.5, 0.6) is 0 Å². The Bertz CT molecular complexity index is 314. The number of nitrogens with one attached hydrogen (secondary N) is 2. The van der Waals surface area contributed by atoms with E-state index in [1.807, 2.05) is 0 Å². The van der Waals surface area contributed by atoms with Crippen LogP contribution >= 0.6 is 0 Å². The molecule has 0 aromatic heterocycles. The van der Waals surface area contributed by atoms with E-state index in [9.17, 15) is 9.59 Å². The van der Waals surface area contributed by atoms with Crippen molar-refractivity contribution < 1.29 is 19.8 Å². The number of carbonyl (C=O) groups excluding carboxylic acids is 1. The normalized spacial score (nSPS) is 20.6. The van der Waals surface area contributed by atoms with Gasteiger partial charge < -0.3 is 20.8 Å². The number of hydrogen-bond acceptors (Lipinski definition) is 3. The molecule has 2 fully saturated rings. The van der Waals surface area contributed by atoms with Crippen LogP contribution in [0.1, 0.15) is 25.7 Å². The summed E-state index contributed by atoms with van der Waals surface area (Å²) >= 11 is 0. The van der Waals surface area contributed by atoms with Gasteiger partial charge in [-0.2, -0.15) is 0 Å². The highest BCUT2D eigenvalue weighted by atomic mass is 16.4. The van der Waals surface area contributed by atoms with Crippen LogP contribution < -0.4 is 10.6 Å². The van der Waals surface area contributed by atoms with E-state index in [-0.39, 0.29) is 0 Å². The molecule has 0 unspecified atom stereocenters. The average Bonchev–Trinajstić information content (AvgIpc) is 3.16. The van der Waals surface area contributed by atoms with Crippen LogP contribution in [-0.4, -0.2) is 41.4 Å². The van der Waals surface area contributed by atoms with E-state index in [1.165, 1.54) is 25.7 Å². The van der Waals surface area contributed by atoms with Crippen LogP contribution in [0, 0.1) is 17.8 Å². The third kappa shape index (κ3) is 3.60. The lowest BCUT2D eigenvalue weighted by Crippen LogP contribution is -2.49. The molecule has 0 bridgehead atoms. The van der Waals surface area contributed by atoms with Gasteiger partial charge in [-0.1, -0.05) is 0 Å². The van der Waals surface area contributed by atoms with Crippen molar-refractivity contribution in [2.75, 3.05) is 13.2 Å². The Hall–Kier alpha value is -1.30. The van der Waals surface area contributed by atoms with Gasteiger partial charge in [0.1, 0.15) is 0 Å². The van der Waals surface area contributed by atoms with Gasteiger partial charge in [0.05, 0.1) is 6.61 Å². The first kappa shape index (κ1) is 13.1. The molecule has 0 radical (unpaired) electrons. The molecule has 0 spiro atoms. The minimum absolute atomic E-state index is 0.511. The number of aliphatic hydroxyl groups is 1. The Morgan fingerprint density at radius 1 is 1.17 bits per heavy atom. The maximum Gasteiger partial charge on any atom is 0.328 e. The van der Waals surface area contributed by atoms with Crippen molar-refractivity contribution in [1.82, 2.24) is 10.6 Å². The molecule has 4 N–H and O–H groups in total. The summed E-state index contributed by atoms with van der Waals surface area (Å²) in [6.07, 6.45) is 5.00. The van der Waals surface area contributed by atoms with E-state index < -0.39 is 24.6 Å². The van der Waals surface area contributed by atoms with Crippen molar-refractivity contribution in [1.29, 1.82) is 0 Å². The Morgan fingerprint density at radius 3 is 2.11 bits per heavy atom. The average molecular weight is 256 g/mol. The topological polar surface area (TPSA) is 98.7 Å². The van der Waals surface area contributed by atoms with Gasteiger partial charge in [0, 0.05) is 6.54 Å². The number of aliphatic hydroxyl groups excluding tert-OH is 1. The summed E-state index contributed by atoms with van der Waals surface area (Å²) in [7, 11) is 0. The quantitative estimate of drug-likeness (QED) is 0.521. The standard InChI is InChI=1S/C12H20N2O4/c15-6-10(11(16)17)14-12(18)13-5-9(7-1-2-7)8-3-4-8/h7-10,15H,1-6H2,(H,16,17)(H2,13,14,18)/t10-/m0/s1. The van der Waals surface area contributed by atoms with E-state index in [4.69, 9.17) is 10.2 Å². The maximum atomic E-state index is 11.5. The second-order valence-corrected chi connectivity index (χ2v) is 5.27. The van der Waals surface area contributed by atoms with Gasteiger partial charge in [0.15, 0.2) is 6.04 Å². The minimum Gasteiger partial charge on any atom is -0.480 e. The molecule has 0 heterocycles. The lowest BCUT2D eigenvalue weighted by molar-refractivity contribution is -0.140. The number of amides is 2. The first-order chi connectivity index (χ1) is 8.61. The SMILES string of the molecule is O=C(NCC(C1CC1)C1CC1)N[C@@H](CO)C(=O)O. The van der Waals surface area contributed by atoms with E-state index in [0.29, 0.717) is 12.5 Å². The molecule has 18 heavy (non-hydrogen) atoms. The van der Waals surface area contributed by atoms with E-state index in [1.54, 1.807) is 0 Å². The minimum atomic E-state index is -1.23. The fourth-order valence-electron chi connectivity index (χ4n) is 2.37. The van der Waals surface area contributed by atoms with Gasteiger partial charge >= 0.3 is 12.0 Å². The third-order valence-electron chi connectivity index (χ3n) is 3.74. The zero-order chi connectivity index (χ0) is 13.1. The van der Waals surface area contributed by atoms with E-state index in [0.717, 1.165) is 11.8 Å². The van der Waals surface area contributed by atoms with Gasteiger partial charge in [-0.05, 0) is 43.4 Å². The second kappa shape index (κ2) is 5.56. The van der Waals surface area contributed by atoms with E-state index >= 15 is 0 Å². The van der Waals surface area contributed by atoms with Gasteiger partial charge in [-0.3, -0.25) is 0 Å². The summed E-state index contributed by atoms with van der Waals surface area (Å²) in [4.78, 5) is 22.1. The molecule has 6 nitrogen and oxygen atoms in total. The van der Waals surface area contributed by atoms with Gasteiger partial charge in [-0.15, -0.1) is 0 Å². The highest BCUT2D eigenvalue weighted by Crippen LogP contribution is 2.48. The Labute approximate surface area is 106 Å². The molecule has 2 rings (SSSR count). The highest BCUT2D eigenvalue weighted by Gasteiger charge is 2.41. The number of rotatable bonds is 7. The molecule has 6 heteroatoms. The predicted octanol–water partition coefficient (Wildman–Crippen LogP) is 0.167. The Kier molecular flexibility index (Phi) is 4.06. The van der Waals surface area contributed by atoms with Gasteiger partial charge in [0.2, 0.25) is 0 Å². The number of carboxylic acid groups (broad SMARTS) is 1. The Morgan fingerprint density at radius 2 is 1.72 bits per heavy atom. The molecule has 1 atom stereocenters. The summed E-state index contributed by atoms with van der Waals surface area (Å²) in [5.41, 5.74) is 0. The molecular weight excluding hydrogens is 236 g/mol. The fourth-order valence-corrected chi connectivity index (χ4v) is 2.37. The number of carboxylic acids is 1.